The van der Waals surface area contributed by atoms with Crippen LogP contribution >= 0.6 is 0 Å². The minimum absolute atomic E-state index is 0. The third-order valence-corrected chi connectivity index (χ3v) is 6.34. The summed E-state index contributed by atoms with van der Waals surface area (Å²) in [6.45, 7) is 7.50. The minimum Gasteiger partial charge on any atom is -0.493 e. The summed E-state index contributed by atoms with van der Waals surface area (Å²) in [4.78, 5) is 24.3. The Balaban J connectivity index is 0.00000130. The summed E-state index contributed by atoms with van der Waals surface area (Å²) >= 11 is 0. The molecule has 1 saturated heterocycles. The summed E-state index contributed by atoms with van der Waals surface area (Å²) in [5.74, 6) is -1.47. The average Bonchev–Trinajstić information content (AvgIpc) is 3.39. The monoisotopic (exact) mass is 512 g/mol. The fraction of sp³-hybridized carbons (Fsp3) is 0.286. The van der Waals surface area contributed by atoms with Crippen LogP contribution in [0, 0.1) is 24.4 Å². The molecule has 0 saturated carbocycles. The van der Waals surface area contributed by atoms with E-state index in [0.29, 0.717) is 48.7 Å². The molecule has 37 heavy (non-hydrogen) atoms. The first-order valence-electron chi connectivity index (χ1n) is 12.2. The van der Waals surface area contributed by atoms with E-state index in [0.717, 1.165) is 6.07 Å². The van der Waals surface area contributed by atoms with Gasteiger partial charge in [0.15, 0.2) is 23.2 Å². The Bertz CT molecular complexity index is 1440. The molecule has 0 radical (unpaired) electrons. The number of ether oxygens (including phenoxy) is 1. The van der Waals surface area contributed by atoms with Gasteiger partial charge in [0.2, 0.25) is 0 Å². The van der Waals surface area contributed by atoms with E-state index in [1.54, 1.807) is 31.2 Å². The third kappa shape index (κ3) is 4.85. The van der Waals surface area contributed by atoms with Crippen molar-refractivity contribution in [3.05, 3.63) is 77.4 Å². The van der Waals surface area contributed by atoms with Gasteiger partial charge in [-0.1, -0.05) is 26.0 Å². The minimum atomic E-state index is -1.02. The number of fused-ring (bicyclic) bond motifs is 1. The molecule has 1 aliphatic heterocycles. The third-order valence-electron chi connectivity index (χ3n) is 6.34. The number of aromatic nitrogens is 2. The van der Waals surface area contributed by atoms with E-state index in [4.69, 9.17) is 4.74 Å². The van der Waals surface area contributed by atoms with E-state index < -0.39 is 17.5 Å². The highest BCUT2D eigenvalue weighted by atomic mass is 19.2. The van der Waals surface area contributed by atoms with E-state index in [2.05, 4.69) is 9.97 Å². The van der Waals surface area contributed by atoms with Gasteiger partial charge in [-0.2, -0.15) is 0 Å². The molecular formula is C28H31F3N4O2. The van der Waals surface area contributed by atoms with Crippen LogP contribution in [0.3, 0.4) is 0 Å². The maximum Gasteiger partial charge on any atom is 0.270 e. The Morgan fingerprint density at radius 2 is 1.73 bits per heavy atom. The number of H-pyrrole nitrogens is 1. The van der Waals surface area contributed by atoms with E-state index in [1.807, 2.05) is 24.8 Å². The van der Waals surface area contributed by atoms with Crippen molar-refractivity contribution in [2.24, 2.45) is 0 Å². The highest BCUT2D eigenvalue weighted by Gasteiger charge is 2.27. The molecular weight excluding hydrogens is 481 g/mol. The second kappa shape index (κ2) is 10.9. The molecule has 2 aromatic carbocycles. The fourth-order valence-corrected chi connectivity index (χ4v) is 4.52. The van der Waals surface area contributed by atoms with Crippen LogP contribution in [0.25, 0.3) is 22.0 Å². The number of aryl methyl sites for hydroxylation is 1. The number of carbonyl (C=O) groups is 1. The van der Waals surface area contributed by atoms with Gasteiger partial charge < -0.3 is 19.5 Å². The van der Waals surface area contributed by atoms with Gasteiger partial charge in [0.25, 0.3) is 5.91 Å². The lowest BCUT2D eigenvalue weighted by molar-refractivity contribution is 0.0741. The van der Waals surface area contributed by atoms with Crippen molar-refractivity contribution in [2.45, 2.75) is 20.8 Å². The van der Waals surface area contributed by atoms with Gasteiger partial charge in [0.05, 0.1) is 12.6 Å². The first-order chi connectivity index (χ1) is 17.9. The Morgan fingerprint density at radius 1 is 1.00 bits per heavy atom. The van der Waals surface area contributed by atoms with E-state index in [-0.39, 0.29) is 29.7 Å². The van der Waals surface area contributed by atoms with E-state index in [1.165, 1.54) is 24.3 Å². The molecule has 1 N–H and O–H groups in total. The summed E-state index contributed by atoms with van der Waals surface area (Å²) in [6, 6.07) is 10.5. The molecule has 1 aliphatic rings. The number of hydrogen-bond donors (Lipinski definition) is 1. The van der Waals surface area contributed by atoms with Crippen molar-refractivity contribution >= 4 is 22.6 Å². The highest BCUT2D eigenvalue weighted by Crippen LogP contribution is 2.35. The summed E-state index contributed by atoms with van der Waals surface area (Å²) < 4.78 is 48.8. The maximum atomic E-state index is 15.0. The van der Waals surface area contributed by atoms with Crippen molar-refractivity contribution < 1.29 is 24.1 Å². The van der Waals surface area contributed by atoms with Gasteiger partial charge in [-0.3, -0.25) is 4.79 Å². The van der Waals surface area contributed by atoms with Crippen molar-refractivity contribution in [3.8, 4) is 16.9 Å². The molecule has 0 aliphatic carbocycles. The maximum absolute atomic E-state index is 15.0. The number of hydrogen-bond acceptors (Lipinski definition) is 4. The van der Waals surface area contributed by atoms with Gasteiger partial charge in [0.1, 0.15) is 11.5 Å². The largest absolute Gasteiger partial charge is 0.493 e. The zero-order chi connectivity index (χ0) is 26.7. The number of methoxy groups -OCH3 is 1. The Labute approximate surface area is 215 Å². The summed E-state index contributed by atoms with van der Waals surface area (Å²) in [5.41, 5.74) is 0.859. The number of halogens is 3. The van der Waals surface area contributed by atoms with Crippen molar-refractivity contribution in [2.75, 3.05) is 38.2 Å². The number of nitrogens with zero attached hydrogens (tertiary/aromatic N) is 3. The lowest BCUT2D eigenvalue weighted by Crippen LogP contribution is -2.49. The van der Waals surface area contributed by atoms with Crippen LogP contribution in [0.5, 0.6) is 5.75 Å². The predicted molar refractivity (Wildman–Crippen MR) is 141 cm³/mol. The number of benzene rings is 2. The Hall–Kier alpha value is -4.01. The summed E-state index contributed by atoms with van der Waals surface area (Å²) in [7, 11) is 1.58. The van der Waals surface area contributed by atoms with Crippen molar-refractivity contribution in [1.82, 2.24) is 14.9 Å². The molecule has 4 aromatic rings. The molecule has 196 valence electrons. The predicted octanol–water partition coefficient (Wildman–Crippen LogP) is 6.20. The second-order valence-electron chi connectivity index (χ2n) is 8.44. The standard InChI is InChI=1S/C26H23F3N4O2.C2H6.H2/c1-15-13-17(16-5-3-6-19(27)23(16)29)18-14-20(31-24(18)22(15)28)26(34)33-11-9-32(10-12-33)25-21(35-2)7-4-8-30-25;1-2;/h3-8,13-14,31H,9-12H2,1-2H3;1-2H3;1H. The zero-order valence-electron chi connectivity index (χ0n) is 21.2. The van der Waals surface area contributed by atoms with Gasteiger partial charge in [-0.05, 0) is 48.4 Å². The number of aromatic amines is 1. The SMILES string of the molecule is CC.COc1cccnc1N1CCN(C(=O)c2cc3c(-c4cccc(F)c4F)cc(C)c(F)c3[nH]2)CC1.[HH]. The molecule has 1 amide bonds. The average molecular weight is 513 g/mol. The Kier molecular flexibility index (Phi) is 7.71. The number of pyridine rings is 1. The lowest BCUT2D eigenvalue weighted by atomic mass is 9.98. The van der Waals surface area contributed by atoms with Crippen molar-refractivity contribution in [3.63, 3.8) is 0 Å². The smallest absolute Gasteiger partial charge is 0.270 e. The van der Waals surface area contributed by atoms with Crippen LogP contribution in [0.2, 0.25) is 0 Å². The molecule has 9 heteroatoms. The first kappa shape index (κ1) is 26.1. The molecule has 1 fully saturated rings. The molecule has 3 heterocycles. The highest BCUT2D eigenvalue weighted by molar-refractivity contribution is 6.03. The summed E-state index contributed by atoms with van der Waals surface area (Å²) in [6.07, 6.45) is 1.69. The quantitative estimate of drug-likeness (QED) is 0.354. The molecule has 0 unspecified atom stereocenters. The van der Waals surface area contributed by atoms with Crippen LogP contribution in [0.1, 0.15) is 31.3 Å². The van der Waals surface area contributed by atoms with E-state index in [9.17, 15) is 18.0 Å². The number of rotatable bonds is 4. The number of anilines is 1. The van der Waals surface area contributed by atoms with Crippen LogP contribution < -0.4 is 9.64 Å². The van der Waals surface area contributed by atoms with Gasteiger partial charge in [-0.15, -0.1) is 0 Å². The van der Waals surface area contributed by atoms with Crippen molar-refractivity contribution in [1.29, 1.82) is 0 Å². The zero-order valence-corrected chi connectivity index (χ0v) is 21.2. The van der Waals surface area contributed by atoms with Crippen LogP contribution in [0.4, 0.5) is 19.0 Å². The van der Waals surface area contributed by atoms with Crippen LogP contribution in [-0.2, 0) is 0 Å². The van der Waals surface area contributed by atoms with Crippen LogP contribution in [-0.4, -0.2) is 54.1 Å². The van der Waals surface area contributed by atoms with E-state index >= 15 is 0 Å². The van der Waals surface area contributed by atoms with Gasteiger partial charge in [0, 0.05) is 44.8 Å². The lowest BCUT2D eigenvalue weighted by Gasteiger charge is -2.35. The first-order valence-corrected chi connectivity index (χ1v) is 12.2. The van der Waals surface area contributed by atoms with Crippen LogP contribution in [0.15, 0.2) is 48.7 Å². The molecule has 5 rings (SSSR count). The Morgan fingerprint density at radius 3 is 2.43 bits per heavy atom. The number of nitrogens with one attached hydrogen (secondary N) is 1. The number of amides is 1. The number of piperazine rings is 1. The summed E-state index contributed by atoms with van der Waals surface area (Å²) in [5, 5.41) is 0.317. The van der Waals surface area contributed by atoms with Gasteiger partial charge >= 0.3 is 0 Å². The molecule has 0 atom stereocenters. The fourth-order valence-electron chi connectivity index (χ4n) is 4.52. The van der Waals surface area contributed by atoms with Gasteiger partial charge in [-0.25, -0.2) is 18.2 Å². The molecule has 6 nitrogen and oxygen atoms in total. The second-order valence-corrected chi connectivity index (χ2v) is 8.44. The number of carbonyl (C=O) groups excluding carboxylic acids is 1. The normalized spacial score (nSPS) is 13.4. The topological polar surface area (TPSA) is 61.5 Å². The molecule has 0 spiro atoms. The molecule has 2 aromatic heterocycles. The molecule has 0 bridgehead atoms.